The van der Waals surface area contributed by atoms with Crippen molar-refractivity contribution < 1.29 is 14.7 Å². The van der Waals surface area contributed by atoms with Crippen molar-refractivity contribution in [3.63, 3.8) is 0 Å². The molecule has 1 rings (SSSR count). The van der Waals surface area contributed by atoms with E-state index in [1.165, 1.54) is 6.92 Å². The van der Waals surface area contributed by atoms with Gasteiger partial charge in [-0.25, -0.2) is 0 Å². The molecule has 86 valence electrons. The van der Waals surface area contributed by atoms with Crippen LogP contribution in [0.4, 0.5) is 0 Å². The highest BCUT2D eigenvalue weighted by Gasteiger charge is 2.29. The number of carbonyl (C=O) groups excluding carboxylic acids is 2. The molecule has 16 heavy (non-hydrogen) atoms. The van der Waals surface area contributed by atoms with Gasteiger partial charge in [0.05, 0.1) is 0 Å². The Morgan fingerprint density at radius 1 is 1.12 bits per heavy atom. The van der Waals surface area contributed by atoms with Crippen LogP contribution in [0.5, 0.6) is 0 Å². The third-order valence-corrected chi connectivity index (χ3v) is 2.70. The van der Waals surface area contributed by atoms with Gasteiger partial charge in [0.15, 0.2) is 0 Å². The van der Waals surface area contributed by atoms with E-state index in [0.29, 0.717) is 17.6 Å². The van der Waals surface area contributed by atoms with Crippen LogP contribution in [0.1, 0.15) is 34.1 Å². The van der Waals surface area contributed by atoms with Crippen molar-refractivity contribution in [1.29, 1.82) is 0 Å². The molecule has 0 aliphatic heterocycles. The summed E-state index contributed by atoms with van der Waals surface area (Å²) in [4.78, 5) is 23.0. The van der Waals surface area contributed by atoms with Gasteiger partial charge in [0.25, 0.3) is 0 Å². The number of allylic oxidation sites excluding steroid dienone is 5. The molecule has 0 radical (unpaired) electrons. The molecule has 0 aromatic rings. The van der Waals surface area contributed by atoms with Crippen molar-refractivity contribution in [3.05, 3.63) is 34.1 Å². The smallest absolute Gasteiger partial charge is 0.232 e. The lowest BCUT2D eigenvalue weighted by Gasteiger charge is -2.16. The molecule has 0 unspecified atom stereocenters. The molecule has 0 spiro atoms. The maximum absolute atomic E-state index is 11.6. The summed E-state index contributed by atoms with van der Waals surface area (Å²) in [6.45, 7) is 6.94. The largest absolute Gasteiger partial charge is 0.507 e. The third-order valence-electron chi connectivity index (χ3n) is 2.70. The molecule has 0 fully saturated rings. The van der Waals surface area contributed by atoms with Gasteiger partial charge in [0.2, 0.25) is 11.6 Å². The van der Waals surface area contributed by atoms with Crippen LogP contribution < -0.4 is 0 Å². The maximum atomic E-state index is 11.6. The van der Waals surface area contributed by atoms with Crippen LogP contribution in [0.15, 0.2) is 34.1 Å². The molecule has 1 aliphatic carbocycles. The zero-order chi connectivity index (χ0) is 12.5. The van der Waals surface area contributed by atoms with E-state index in [1.54, 1.807) is 6.92 Å². The van der Waals surface area contributed by atoms with Crippen LogP contribution in [0.25, 0.3) is 0 Å². The number of aliphatic hydroxyl groups is 1. The zero-order valence-corrected chi connectivity index (χ0v) is 10.0. The average Bonchev–Trinajstić information content (AvgIpc) is 2.23. The van der Waals surface area contributed by atoms with Gasteiger partial charge in [-0.05, 0) is 34.1 Å². The summed E-state index contributed by atoms with van der Waals surface area (Å²) in [5.74, 6) is -1.15. The van der Waals surface area contributed by atoms with Gasteiger partial charge in [0, 0.05) is 16.7 Å². The van der Waals surface area contributed by atoms with Gasteiger partial charge in [0.1, 0.15) is 5.76 Å². The van der Waals surface area contributed by atoms with Crippen LogP contribution in [0, 0.1) is 0 Å². The van der Waals surface area contributed by atoms with E-state index >= 15 is 0 Å². The molecule has 0 bridgehead atoms. The number of carbonyl (C=O) groups is 2. The van der Waals surface area contributed by atoms with Gasteiger partial charge in [-0.2, -0.15) is 0 Å². The SMILES string of the molecule is CC(C)=CCC1=C(C)C(=O)C(=O)C(C)=C1O. The summed E-state index contributed by atoms with van der Waals surface area (Å²) < 4.78 is 0. The van der Waals surface area contributed by atoms with Gasteiger partial charge in [-0.1, -0.05) is 11.6 Å². The summed E-state index contributed by atoms with van der Waals surface area (Å²) in [6, 6.07) is 0. The van der Waals surface area contributed by atoms with Crippen molar-refractivity contribution in [2.45, 2.75) is 34.1 Å². The molecule has 1 aliphatic rings. The maximum Gasteiger partial charge on any atom is 0.232 e. The second-order valence-corrected chi connectivity index (χ2v) is 4.22. The number of ketones is 2. The fourth-order valence-electron chi connectivity index (χ4n) is 1.55. The molecule has 0 saturated heterocycles. The minimum absolute atomic E-state index is 0.0420. The lowest BCUT2D eigenvalue weighted by Crippen LogP contribution is -2.23. The third kappa shape index (κ3) is 2.13. The van der Waals surface area contributed by atoms with Crippen molar-refractivity contribution in [1.82, 2.24) is 0 Å². The van der Waals surface area contributed by atoms with Crippen LogP contribution in [0.3, 0.4) is 0 Å². The molecule has 0 heterocycles. The summed E-state index contributed by atoms with van der Waals surface area (Å²) in [6.07, 6.45) is 2.40. The molecule has 0 amide bonds. The Balaban J connectivity index is 3.20. The Bertz CT molecular complexity index is 444. The molecular formula is C13H16O3. The fraction of sp³-hybridized carbons (Fsp3) is 0.385. The first-order valence-electron chi connectivity index (χ1n) is 5.18. The van der Waals surface area contributed by atoms with Crippen LogP contribution >= 0.6 is 0 Å². The normalized spacial score (nSPS) is 17.0. The number of Topliss-reactive ketones (excluding diaryl/α,β-unsaturated/α-hetero) is 2. The van der Waals surface area contributed by atoms with E-state index in [0.717, 1.165) is 5.57 Å². The van der Waals surface area contributed by atoms with Gasteiger partial charge < -0.3 is 5.11 Å². The highest BCUT2D eigenvalue weighted by molar-refractivity contribution is 6.50. The quantitative estimate of drug-likeness (QED) is 0.442. The van der Waals surface area contributed by atoms with Crippen molar-refractivity contribution in [3.8, 4) is 0 Å². The van der Waals surface area contributed by atoms with Gasteiger partial charge in [-0.15, -0.1) is 0 Å². The Hall–Kier alpha value is -1.64. The van der Waals surface area contributed by atoms with E-state index in [4.69, 9.17) is 0 Å². The van der Waals surface area contributed by atoms with Crippen molar-refractivity contribution >= 4 is 11.6 Å². The fourth-order valence-corrected chi connectivity index (χ4v) is 1.55. The van der Waals surface area contributed by atoms with E-state index in [2.05, 4.69) is 0 Å². The van der Waals surface area contributed by atoms with Crippen LogP contribution in [-0.2, 0) is 9.59 Å². The molecule has 3 heteroatoms. The lowest BCUT2D eigenvalue weighted by molar-refractivity contribution is -0.132. The number of rotatable bonds is 2. The van der Waals surface area contributed by atoms with E-state index in [1.807, 2.05) is 19.9 Å². The molecule has 0 aromatic carbocycles. The summed E-state index contributed by atoms with van der Waals surface area (Å²) >= 11 is 0. The molecule has 0 atom stereocenters. The minimum Gasteiger partial charge on any atom is -0.507 e. The van der Waals surface area contributed by atoms with E-state index in [9.17, 15) is 14.7 Å². The molecule has 0 saturated carbocycles. The lowest BCUT2D eigenvalue weighted by atomic mass is 9.88. The molecular weight excluding hydrogens is 204 g/mol. The van der Waals surface area contributed by atoms with E-state index < -0.39 is 11.6 Å². The Morgan fingerprint density at radius 2 is 1.62 bits per heavy atom. The number of aliphatic hydroxyl groups excluding tert-OH is 1. The predicted octanol–water partition coefficient (Wildman–Crippen LogP) is 2.64. The topological polar surface area (TPSA) is 54.4 Å². The first-order chi connectivity index (χ1) is 7.36. The summed E-state index contributed by atoms with van der Waals surface area (Å²) in [7, 11) is 0. The first kappa shape index (κ1) is 12.4. The second kappa shape index (κ2) is 4.47. The first-order valence-corrected chi connectivity index (χ1v) is 5.18. The van der Waals surface area contributed by atoms with Crippen LogP contribution in [-0.4, -0.2) is 16.7 Å². The van der Waals surface area contributed by atoms with Gasteiger partial charge in [-0.3, -0.25) is 9.59 Å². The van der Waals surface area contributed by atoms with E-state index in [-0.39, 0.29) is 11.3 Å². The van der Waals surface area contributed by atoms with Crippen molar-refractivity contribution in [2.24, 2.45) is 0 Å². The molecule has 1 N–H and O–H groups in total. The Kier molecular flexibility index (Phi) is 3.48. The number of hydrogen-bond donors (Lipinski definition) is 1. The summed E-state index contributed by atoms with van der Waals surface area (Å²) in [5, 5.41) is 9.83. The molecule has 3 nitrogen and oxygen atoms in total. The minimum atomic E-state index is -0.601. The zero-order valence-electron chi connectivity index (χ0n) is 10.0. The molecule has 0 aromatic heterocycles. The predicted molar refractivity (Wildman–Crippen MR) is 62.1 cm³/mol. The van der Waals surface area contributed by atoms with Crippen LogP contribution in [0.2, 0.25) is 0 Å². The highest BCUT2D eigenvalue weighted by atomic mass is 16.3. The highest BCUT2D eigenvalue weighted by Crippen LogP contribution is 2.27. The van der Waals surface area contributed by atoms with Crippen molar-refractivity contribution in [2.75, 3.05) is 0 Å². The second-order valence-electron chi connectivity index (χ2n) is 4.22. The Labute approximate surface area is 95.2 Å². The van der Waals surface area contributed by atoms with Gasteiger partial charge >= 0.3 is 0 Å². The summed E-state index contributed by atoms with van der Waals surface area (Å²) in [5.41, 5.74) is 2.16. The number of hydrogen-bond acceptors (Lipinski definition) is 3. The average molecular weight is 220 g/mol. The monoisotopic (exact) mass is 220 g/mol. The Morgan fingerprint density at radius 3 is 2.12 bits per heavy atom. The standard InChI is InChI=1S/C13H16O3/c1-7(2)5-6-10-8(3)12(15)13(16)9(4)11(10)14/h5,14H,6H2,1-4H3.